The Bertz CT molecular complexity index is 803. The predicted molar refractivity (Wildman–Crippen MR) is 100 cm³/mol. The van der Waals surface area contributed by atoms with E-state index in [4.69, 9.17) is 11.6 Å². The quantitative estimate of drug-likeness (QED) is 0.865. The molecule has 6 heteroatoms. The average molecular weight is 360 g/mol. The first kappa shape index (κ1) is 18.9. The number of hydrogen-bond acceptors (Lipinski definition) is 3. The zero-order valence-electron chi connectivity index (χ0n) is 15.0. The molecule has 2 N–H and O–H groups in total. The minimum absolute atomic E-state index is 0.151. The Balaban J connectivity index is 2.24. The first-order valence-electron chi connectivity index (χ1n) is 7.93. The summed E-state index contributed by atoms with van der Waals surface area (Å²) in [5.41, 5.74) is 2.58. The number of benzene rings is 1. The fraction of sp³-hybridized carbons (Fsp3) is 0.316. The monoisotopic (exact) mass is 359 g/mol. The molecule has 1 aromatic heterocycles. The number of halogens is 1. The highest BCUT2D eigenvalue weighted by Crippen LogP contribution is 2.27. The van der Waals surface area contributed by atoms with Crippen LogP contribution in [0.5, 0.6) is 0 Å². The van der Waals surface area contributed by atoms with Gasteiger partial charge >= 0.3 is 0 Å². The van der Waals surface area contributed by atoms with Gasteiger partial charge in [-0.1, -0.05) is 17.7 Å². The van der Waals surface area contributed by atoms with Crippen molar-refractivity contribution in [1.29, 1.82) is 0 Å². The maximum Gasteiger partial charge on any atom is 0.274 e. The molecule has 0 aliphatic rings. The van der Waals surface area contributed by atoms with Crippen molar-refractivity contribution in [2.75, 3.05) is 5.32 Å². The molecule has 2 rings (SSSR count). The molecule has 0 unspecified atom stereocenters. The maximum atomic E-state index is 12.5. The highest BCUT2D eigenvalue weighted by atomic mass is 35.5. The summed E-state index contributed by atoms with van der Waals surface area (Å²) in [6, 6.07) is 6.75. The highest BCUT2D eigenvalue weighted by Gasteiger charge is 2.18. The number of pyridine rings is 1. The third-order valence-electron chi connectivity index (χ3n) is 3.41. The summed E-state index contributed by atoms with van der Waals surface area (Å²) in [6.07, 6.45) is 1.44. The Hall–Kier alpha value is -2.40. The van der Waals surface area contributed by atoms with Gasteiger partial charge in [-0.05, 0) is 63.9 Å². The number of carbonyl (C=O) groups excluding carboxylic acids is 2. The summed E-state index contributed by atoms with van der Waals surface area (Å²) in [5.74, 6) is -0.673. The van der Waals surface area contributed by atoms with E-state index < -0.39 is 5.91 Å². The molecule has 0 saturated heterocycles. The van der Waals surface area contributed by atoms with Gasteiger partial charge in [0, 0.05) is 17.3 Å². The van der Waals surface area contributed by atoms with E-state index in [-0.39, 0.29) is 17.1 Å². The number of aromatic nitrogens is 1. The van der Waals surface area contributed by atoms with Crippen LogP contribution in [0.1, 0.15) is 52.7 Å². The summed E-state index contributed by atoms with van der Waals surface area (Å²) >= 11 is 6.22. The van der Waals surface area contributed by atoms with Crippen LogP contribution in [0.15, 0.2) is 30.5 Å². The third kappa shape index (κ3) is 5.03. The van der Waals surface area contributed by atoms with E-state index in [0.717, 1.165) is 11.1 Å². The van der Waals surface area contributed by atoms with E-state index in [1.165, 1.54) is 12.3 Å². The minimum atomic E-state index is -0.417. The number of hydrogen-bond donors (Lipinski definition) is 2. The molecule has 1 aromatic carbocycles. The number of nitrogens with one attached hydrogen (secondary N) is 2. The summed E-state index contributed by atoms with van der Waals surface area (Å²) in [4.78, 5) is 28.8. The molecule has 0 fully saturated rings. The lowest BCUT2D eigenvalue weighted by atomic mass is 10.1. The first-order chi connectivity index (χ1) is 11.6. The normalized spacial score (nSPS) is 11.1. The number of nitrogens with zero attached hydrogens (tertiary/aromatic N) is 1. The number of anilines is 1. The van der Waals surface area contributed by atoms with Crippen LogP contribution in [0, 0.1) is 13.8 Å². The standard InChI is InChI=1S/C19H22ClN3O2/c1-11-8-12(2)16(14(20)9-11)22-18(25)15-10-13(6-7-21-15)17(24)23-19(3,4)5/h6-10H,1-5H3,(H,22,25)(H,23,24). The summed E-state index contributed by atoms with van der Waals surface area (Å²) in [6.45, 7) is 9.48. The molecule has 25 heavy (non-hydrogen) atoms. The molecule has 5 nitrogen and oxygen atoms in total. The summed E-state index contributed by atoms with van der Waals surface area (Å²) in [5, 5.41) is 6.09. The van der Waals surface area contributed by atoms with E-state index in [0.29, 0.717) is 16.3 Å². The van der Waals surface area contributed by atoms with Gasteiger partial charge in [-0.15, -0.1) is 0 Å². The van der Waals surface area contributed by atoms with Crippen LogP contribution in [0.25, 0.3) is 0 Å². The second-order valence-electron chi connectivity index (χ2n) is 7.03. The lowest BCUT2D eigenvalue weighted by Gasteiger charge is -2.20. The Labute approximate surface area is 152 Å². The van der Waals surface area contributed by atoms with Crippen LogP contribution >= 0.6 is 11.6 Å². The van der Waals surface area contributed by atoms with Crippen LogP contribution in [-0.2, 0) is 0 Å². The molecular weight excluding hydrogens is 338 g/mol. The van der Waals surface area contributed by atoms with Crippen molar-refractivity contribution in [3.05, 3.63) is 57.9 Å². The van der Waals surface area contributed by atoms with Crippen LogP contribution < -0.4 is 10.6 Å². The number of carbonyl (C=O) groups is 2. The lowest BCUT2D eigenvalue weighted by molar-refractivity contribution is 0.0919. The van der Waals surface area contributed by atoms with Gasteiger partial charge in [0.15, 0.2) is 0 Å². The van der Waals surface area contributed by atoms with E-state index in [2.05, 4.69) is 15.6 Å². The fourth-order valence-electron chi connectivity index (χ4n) is 2.36. The summed E-state index contributed by atoms with van der Waals surface area (Å²) in [7, 11) is 0. The van der Waals surface area contributed by atoms with Crippen molar-refractivity contribution in [2.24, 2.45) is 0 Å². The van der Waals surface area contributed by atoms with Gasteiger partial charge < -0.3 is 10.6 Å². The maximum absolute atomic E-state index is 12.5. The Morgan fingerprint density at radius 1 is 1.08 bits per heavy atom. The number of aryl methyl sites for hydroxylation is 2. The molecule has 0 spiro atoms. The van der Waals surface area contributed by atoms with E-state index >= 15 is 0 Å². The van der Waals surface area contributed by atoms with Crippen molar-refractivity contribution < 1.29 is 9.59 Å². The Morgan fingerprint density at radius 2 is 1.76 bits per heavy atom. The van der Waals surface area contributed by atoms with Crippen molar-refractivity contribution in [2.45, 2.75) is 40.2 Å². The van der Waals surface area contributed by atoms with E-state index in [9.17, 15) is 9.59 Å². The Kier molecular flexibility index (Phi) is 5.48. The van der Waals surface area contributed by atoms with Crippen LogP contribution in [-0.4, -0.2) is 22.3 Å². The average Bonchev–Trinajstić information content (AvgIpc) is 2.49. The fourth-order valence-corrected chi connectivity index (χ4v) is 2.73. The van der Waals surface area contributed by atoms with Crippen molar-refractivity contribution in [3.63, 3.8) is 0 Å². The lowest BCUT2D eigenvalue weighted by Crippen LogP contribution is -2.40. The molecule has 2 amide bonds. The number of amides is 2. The SMILES string of the molecule is Cc1cc(C)c(NC(=O)c2cc(C(=O)NC(C)(C)C)ccn2)c(Cl)c1. The van der Waals surface area contributed by atoms with Gasteiger partial charge in [0.25, 0.3) is 11.8 Å². The molecule has 132 valence electrons. The highest BCUT2D eigenvalue weighted by molar-refractivity contribution is 6.34. The zero-order chi connectivity index (χ0) is 18.8. The van der Waals surface area contributed by atoms with Crippen molar-refractivity contribution in [3.8, 4) is 0 Å². The minimum Gasteiger partial charge on any atom is -0.347 e. The van der Waals surface area contributed by atoms with Crippen LogP contribution in [0.3, 0.4) is 0 Å². The van der Waals surface area contributed by atoms with E-state index in [1.54, 1.807) is 12.1 Å². The van der Waals surface area contributed by atoms with Gasteiger partial charge in [-0.2, -0.15) is 0 Å². The Morgan fingerprint density at radius 3 is 2.36 bits per heavy atom. The summed E-state index contributed by atoms with van der Waals surface area (Å²) < 4.78 is 0. The van der Waals surface area contributed by atoms with Gasteiger partial charge in [-0.3, -0.25) is 14.6 Å². The molecule has 0 bridgehead atoms. The molecule has 0 aliphatic carbocycles. The topological polar surface area (TPSA) is 71.1 Å². The van der Waals surface area contributed by atoms with E-state index in [1.807, 2.05) is 40.7 Å². The van der Waals surface area contributed by atoms with Crippen LogP contribution in [0.2, 0.25) is 5.02 Å². The molecule has 2 aromatic rings. The number of rotatable bonds is 3. The second kappa shape index (κ2) is 7.23. The van der Waals surface area contributed by atoms with Crippen LogP contribution in [0.4, 0.5) is 5.69 Å². The van der Waals surface area contributed by atoms with Gasteiger partial charge in [-0.25, -0.2) is 0 Å². The second-order valence-corrected chi connectivity index (χ2v) is 7.43. The predicted octanol–water partition coefficient (Wildman–Crippen LogP) is 4.13. The first-order valence-corrected chi connectivity index (χ1v) is 8.31. The molecule has 0 saturated carbocycles. The van der Waals surface area contributed by atoms with Crippen molar-refractivity contribution in [1.82, 2.24) is 10.3 Å². The third-order valence-corrected chi connectivity index (χ3v) is 3.71. The van der Waals surface area contributed by atoms with Gasteiger partial charge in [0.05, 0.1) is 10.7 Å². The molecule has 0 aliphatic heterocycles. The smallest absolute Gasteiger partial charge is 0.274 e. The largest absolute Gasteiger partial charge is 0.347 e. The van der Waals surface area contributed by atoms with Gasteiger partial charge in [0.2, 0.25) is 0 Å². The zero-order valence-corrected chi connectivity index (χ0v) is 15.8. The molecule has 0 atom stereocenters. The molecule has 1 heterocycles. The molecule has 0 radical (unpaired) electrons. The van der Waals surface area contributed by atoms with Gasteiger partial charge in [0.1, 0.15) is 5.69 Å². The molecular formula is C19H22ClN3O2. The van der Waals surface area contributed by atoms with Crippen molar-refractivity contribution >= 4 is 29.1 Å².